The van der Waals surface area contributed by atoms with Crippen molar-refractivity contribution in [3.05, 3.63) is 76.2 Å². The quantitative estimate of drug-likeness (QED) is 0.664. The van der Waals surface area contributed by atoms with Crippen LogP contribution in [0.4, 0.5) is 17.2 Å². The predicted octanol–water partition coefficient (Wildman–Crippen LogP) is 5.12. The second-order valence-electron chi connectivity index (χ2n) is 6.39. The molecule has 1 unspecified atom stereocenters. The van der Waals surface area contributed by atoms with Gasteiger partial charge in [-0.25, -0.2) is 9.97 Å². The van der Waals surface area contributed by atoms with Crippen molar-refractivity contribution in [3.8, 4) is 0 Å². The number of benzene rings is 2. The topological polar surface area (TPSA) is 58.1 Å². The summed E-state index contributed by atoms with van der Waals surface area (Å²) in [7, 11) is 0. The number of hydrogen-bond acceptors (Lipinski definition) is 4. The third-order valence-electron chi connectivity index (χ3n) is 4.50. The van der Waals surface area contributed by atoms with Gasteiger partial charge >= 0.3 is 0 Å². The minimum absolute atomic E-state index is 0.227. The Bertz CT molecular complexity index is 1010. The average Bonchev–Trinajstić information content (AvgIpc) is 3.00. The van der Waals surface area contributed by atoms with Crippen molar-refractivity contribution < 1.29 is 4.79 Å². The van der Waals surface area contributed by atoms with Gasteiger partial charge in [0.25, 0.3) is 5.91 Å². The van der Waals surface area contributed by atoms with E-state index in [1.54, 1.807) is 24.4 Å². The molecule has 27 heavy (non-hydrogen) atoms. The maximum atomic E-state index is 12.4. The Morgan fingerprint density at radius 1 is 1.11 bits per heavy atom. The number of carbonyl (C=O) groups excluding carboxylic acids is 1. The number of hydrogen-bond donors (Lipinski definition) is 1. The van der Waals surface area contributed by atoms with Crippen LogP contribution < -0.4 is 10.2 Å². The Labute approximate surface area is 167 Å². The van der Waals surface area contributed by atoms with Gasteiger partial charge in [-0.1, -0.05) is 41.4 Å². The fraction of sp³-hybridized carbons (Fsp3) is 0.150. The van der Waals surface area contributed by atoms with Gasteiger partial charge in [0.05, 0.1) is 22.4 Å². The van der Waals surface area contributed by atoms with Gasteiger partial charge in [0.1, 0.15) is 5.69 Å². The highest BCUT2D eigenvalue weighted by molar-refractivity contribution is 6.42. The van der Waals surface area contributed by atoms with Crippen LogP contribution in [0.25, 0.3) is 0 Å². The molecule has 1 amide bonds. The SMILES string of the molecule is CC1Cc2ccccc2N1c1cnc(C(=O)Nc2ccc(Cl)c(Cl)c2)cn1. The van der Waals surface area contributed by atoms with Crippen molar-refractivity contribution in [3.63, 3.8) is 0 Å². The van der Waals surface area contributed by atoms with Crippen molar-refractivity contribution in [1.82, 2.24) is 9.97 Å². The second-order valence-corrected chi connectivity index (χ2v) is 7.21. The van der Waals surface area contributed by atoms with Crippen LogP contribution in [0.15, 0.2) is 54.9 Å². The molecule has 3 aromatic rings. The number of nitrogens with zero attached hydrogens (tertiary/aromatic N) is 3. The fourth-order valence-corrected chi connectivity index (χ4v) is 3.54. The summed E-state index contributed by atoms with van der Waals surface area (Å²) in [6.07, 6.45) is 4.07. The summed E-state index contributed by atoms with van der Waals surface area (Å²) in [5.41, 5.74) is 3.19. The molecule has 0 bridgehead atoms. The largest absolute Gasteiger partial charge is 0.322 e. The Morgan fingerprint density at radius 3 is 2.67 bits per heavy atom. The van der Waals surface area contributed by atoms with Gasteiger partial charge in [0, 0.05) is 17.4 Å². The number of amides is 1. The van der Waals surface area contributed by atoms with E-state index in [2.05, 4.69) is 39.2 Å². The van der Waals surface area contributed by atoms with Crippen molar-refractivity contribution >= 4 is 46.3 Å². The number of halogens is 2. The zero-order chi connectivity index (χ0) is 19.0. The average molecular weight is 399 g/mol. The minimum Gasteiger partial charge on any atom is -0.322 e. The van der Waals surface area contributed by atoms with Gasteiger partial charge < -0.3 is 10.2 Å². The number of fused-ring (bicyclic) bond motifs is 1. The van der Waals surface area contributed by atoms with Crippen LogP contribution in [0.2, 0.25) is 10.0 Å². The molecule has 0 saturated carbocycles. The summed E-state index contributed by atoms with van der Waals surface area (Å²) < 4.78 is 0. The van der Waals surface area contributed by atoms with Gasteiger partial charge in [0.15, 0.2) is 5.82 Å². The molecule has 0 fully saturated rings. The summed E-state index contributed by atoms with van der Waals surface area (Å²) >= 11 is 11.9. The molecule has 2 aromatic carbocycles. The first-order chi connectivity index (χ1) is 13.0. The molecule has 1 atom stereocenters. The van der Waals surface area contributed by atoms with Gasteiger partial charge in [-0.2, -0.15) is 0 Å². The number of carbonyl (C=O) groups is 1. The predicted molar refractivity (Wildman–Crippen MR) is 108 cm³/mol. The van der Waals surface area contributed by atoms with Crippen LogP contribution in [0.5, 0.6) is 0 Å². The van der Waals surface area contributed by atoms with E-state index in [4.69, 9.17) is 23.2 Å². The molecule has 0 spiro atoms. The van der Waals surface area contributed by atoms with Gasteiger partial charge in [-0.05, 0) is 43.2 Å². The van der Waals surface area contributed by atoms with E-state index in [-0.39, 0.29) is 17.6 Å². The fourth-order valence-electron chi connectivity index (χ4n) is 3.25. The van der Waals surface area contributed by atoms with Crippen molar-refractivity contribution in [1.29, 1.82) is 0 Å². The first-order valence-corrected chi connectivity index (χ1v) is 9.24. The highest BCUT2D eigenvalue weighted by Crippen LogP contribution is 2.36. The number of para-hydroxylation sites is 1. The summed E-state index contributed by atoms with van der Waals surface area (Å²) in [5, 5.41) is 3.54. The van der Waals surface area contributed by atoms with Gasteiger partial charge in [-0.3, -0.25) is 4.79 Å². The molecular weight excluding hydrogens is 383 g/mol. The minimum atomic E-state index is -0.359. The van der Waals surface area contributed by atoms with Crippen LogP contribution in [0.3, 0.4) is 0 Å². The molecule has 0 saturated heterocycles. The molecule has 0 radical (unpaired) electrons. The Morgan fingerprint density at radius 2 is 1.93 bits per heavy atom. The highest BCUT2D eigenvalue weighted by atomic mass is 35.5. The van der Waals surface area contributed by atoms with Crippen LogP contribution >= 0.6 is 23.2 Å². The molecule has 5 nitrogen and oxygen atoms in total. The van der Waals surface area contributed by atoms with E-state index in [1.165, 1.54) is 11.8 Å². The molecule has 1 N–H and O–H groups in total. The number of nitrogens with one attached hydrogen (secondary N) is 1. The van der Waals surface area contributed by atoms with E-state index < -0.39 is 0 Å². The second kappa shape index (κ2) is 7.18. The van der Waals surface area contributed by atoms with E-state index in [0.29, 0.717) is 15.7 Å². The zero-order valence-electron chi connectivity index (χ0n) is 14.5. The Kier molecular flexibility index (Phi) is 4.72. The summed E-state index contributed by atoms with van der Waals surface area (Å²) in [6.45, 7) is 2.15. The first-order valence-electron chi connectivity index (χ1n) is 8.48. The van der Waals surface area contributed by atoms with Crippen LogP contribution in [-0.2, 0) is 6.42 Å². The molecule has 4 rings (SSSR count). The van der Waals surface area contributed by atoms with Gasteiger partial charge in [-0.15, -0.1) is 0 Å². The normalized spacial score (nSPS) is 15.5. The highest BCUT2D eigenvalue weighted by Gasteiger charge is 2.28. The lowest BCUT2D eigenvalue weighted by Gasteiger charge is -2.23. The van der Waals surface area contributed by atoms with Crippen molar-refractivity contribution in [2.45, 2.75) is 19.4 Å². The third kappa shape index (κ3) is 3.48. The van der Waals surface area contributed by atoms with Crippen LogP contribution in [-0.4, -0.2) is 21.9 Å². The first kappa shape index (κ1) is 17.8. The van der Waals surface area contributed by atoms with E-state index in [9.17, 15) is 4.79 Å². The number of rotatable bonds is 3. The summed E-state index contributed by atoms with van der Waals surface area (Å²) in [5.74, 6) is 0.362. The van der Waals surface area contributed by atoms with E-state index in [1.807, 2.05) is 12.1 Å². The van der Waals surface area contributed by atoms with Crippen molar-refractivity contribution in [2.75, 3.05) is 10.2 Å². The molecular formula is C20H16Cl2N4O. The summed E-state index contributed by atoms with van der Waals surface area (Å²) in [6, 6.07) is 13.4. The van der Waals surface area contributed by atoms with E-state index >= 15 is 0 Å². The van der Waals surface area contributed by atoms with Crippen molar-refractivity contribution in [2.24, 2.45) is 0 Å². The number of aromatic nitrogens is 2. The third-order valence-corrected chi connectivity index (χ3v) is 5.24. The Balaban J connectivity index is 1.54. The Hall–Kier alpha value is -2.63. The zero-order valence-corrected chi connectivity index (χ0v) is 16.0. The lowest BCUT2D eigenvalue weighted by atomic mass is 10.1. The summed E-state index contributed by atoms with van der Waals surface area (Å²) in [4.78, 5) is 23.3. The van der Waals surface area contributed by atoms with E-state index in [0.717, 1.165) is 17.9 Å². The maximum Gasteiger partial charge on any atom is 0.275 e. The molecule has 2 heterocycles. The maximum absolute atomic E-state index is 12.4. The molecule has 1 aliphatic rings. The monoisotopic (exact) mass is 398 g/mol. The smallest absolute Gasteiger partial charge is 0.275 e. The van der Waals surface area contributed by atoms with Crippen LogP contribution in [0, 0.1) is 0 Å². The lowest BCUT2D eigenvalue weighted by Crippen LogP contribution is -2.25. The standard InChI is InChI=1S/C20H16Cl2N4O/c1-12-8-13-4-2-3-5-18(13)26(12)19-11-23-17(10-24-19)20(27)25-14-6-7-15(21)16(22)9-14/h2-7,9-12H,8H2,1H3,(H,25,27). The number of anilines is 3. The van der Waals surface area contributed by atoms with Gasteiger partial charge in [0.2, 0.25) is 0 Å². The lowest BCUT2D eigenvalue weighted by molar-refractivity contribution is 0.102. The molecule has 7 heteroatoms. The molecule has 1 aliphatic heterocycles. The van der Waals surface area contributed by atoms with Crippen LogP contribution in [0.1, 0.15) is 23.0 Å². The molecule has 1 aromatic heterocycles. The molecule has 136 valence electrons. The molecule has 0 aliphatic carbocycles.